The monoisotopic (exact) mass is 330 g/mol. The van der Waals surface area contributed by atoms with E-state index in [2.05, 4.69) is 5.32 Å². The maximum atomic E-state index is 13.4. The summed E-state index contributed by atoms with van der Waals surface area (Å²) in [4.78, 5) is 15.6. The molecule has 1 heterocycles. The molecule has 120 valence electrons. The van der Waals surface area contributed by atoms with Crippen LogP contribution in [0.15, 0.2) is 47.4 Å². The predicted octanol–water partition coefficient (Wildman–Crippen LogP) is 4.92. The van der Waals surface area contributed by atoms with Crippen molar-refractivity contribution in [2.24, 2.45) is 0 Å². The molecule has 0 aliphatic carbocycles. The molecule has 1 atom stereocenters. The third-order valence-electron chi connectivity index (χ3n) is 4.13. The van der Waals surface area contributed by atoms with Gasteiger partial charge in [0.1, 0.15) is 5.82 Å². The van der Waals surface area contributed by atoms with Crippen LogP contribution in [0, 0.1) is 5.82 Å². The predicted molar refractivity (Wildman–Crippen MR) is 93.9 cm³/mol. The number of fused-ring (bicyclic) bond motifs is 1. The molecule has 0 aromatic heterocycles. The van der Waals surface area contributed by atoms with E-state index in [0.717, 1.165) is 34.7 Å². The van der Waals surface area contributed by atoms with Gasteiger partial charge in [-0.1, -0.05) is 0 Å². The number of aryl methyl sites for hydroxylation is 1. The van der Waals surface area contributed by atoms with Crippen molar-refractivity contribution < 1.29 is 9.18 Å². The Kier molecular flexibility index (Phi) is 4.57. The number of carbonyl (C=O) groups excluding carboxylic acids is 1. The molecule has 0 spiro atoms. The summed E-state index contributed by atoms with van der Waals surface area (Å²) in [6, 6.07) is 12.3. The average molecular weight is 330 g/mol. The Morgan fingerprint density at radius 1 is 1.26 bits per heavy atom. The normalized spacial score (nSPS) is 16.8. The third kappa shape index (κ3) is 3.34. The first kappa shape index (κ1) is 15.9. The molecule has 1 aliphatic rings. The maximum absolute atomic E-state index is 13.4. The number of hydrogen-bond acceptors (Lipinski definition) is 2. The summed E-state index contributed by atoms with van der Waals surface area (Å²) in [6.07, 6.45) is 3.63. The fourth-order valence-electron chi connectivity index (χ4n) is 2.89. The molecule has 1 aliphatic heterocycles. The van der Waals surface area contributed by atoms with Gasteiger partial charge in [-0.2, -0.15) is 0 Å². The highest BCUT2D eigenvalue weighted by molar-refractivity contribution is 7.98. The summed E-state index contributed by atoms with van der Waals surface area (Å²) >= 11 is 1.66. The lowest BCUT2D eigenvalue weighted by Gasteiger charge is -2.35. The molecule has 3 nitrogen and oxygen atoms in total. The number of benzene rings is 2. The quantitative estimate of drug-likeness (QED) is 0.793. The van der Waals surface area contributed by atoms with Crippen LogP contribution in [-0.4, -0.2) is 18.3 Å². The van der Waals surface area contributed by atoms with Gasteiger partial charge in [0.15, 0.2) is 0 Å². The number of anilines is 2. The number of thioether (sulfide) groups is 1. The van der Waals surface area contributed by atoms with Gasteiger partial charge in [0.25, 0.3) is 0 Å². The first-order chi connectivity index (χ1) is 11.1. The van der Waals surface area contributed by atoms with Gasteiger partial charge in [0, 0.05) is 22.3 Å². The SMILES string of the molecule is CSc1ccc(NC(=O)N2c3ccc(F)cc3CC[C@H]2C)cc1. The topological polar surface area (TPSA) is 32.3 Å². The second kappa shape index (κ2) is 6.62. The highest BCUT2D eigenvalue weighted by Crippen LogP contribution is 2.32. The lowest BCUT2D eigenvalue weighted by molar-refractivity contribution is 0.254. The summed E-state index contributed by atoms with van der Waals surface area (Å²) in [5, 5.41) is 2.93. The van der Waals surface area contributed by atoms with E-state index < -0.39 is 0 Å². The number of urea groups is 1. The highest BCUT2D eigenvalue weighted by Gasteiger charge is 2.28. The third-order valence-corrected chi connectivity index (χ3v) is 4.88. The van der Waals surface area contributed by atoms with Crippen LogP contribution >= 0.6 is 11.8 Å². The van der Waals surface area contributed by atoms with Crippen LogP contribution in [0.3, 0.4) is 0 Å². The molecule has 5 heteroatoms. The summed E-state index contributed by atoms with van der Waals surface area (Å²) in [5.41, 5.74) is 2.44. The molecule has 0 radical (unpaired) electrons. The second-order valence-electron chi connectivity index (χ2n) is 5.69. The van der Waals surface area contributed by atoms with Crippen LogP contribution in [0.4, 0.5) is 20.6 Å². The first-order valence-corrected chi connectivity index (χ1v) is 8.83. The average Bonchev–Trinajstić information content (AvgIpc) is 2.55. The van der Waals surface area contributed by atoms with Crippen molar-refractivity contribution in [1.82, 2.24) is 0 Å². The summed E-state index contributed by atoms with van der Waals surface area (Å²) in [7, 11) is 0. The minimum absolute atomic E-state index is 0.0819. The molecule has 0 bridgehead atoms. The molecular formula is C18H19FN2OS. The lowest BCUT2D eigenvalue weighted by Crippen LogP contribution is -2.44. The van der Waals surface area contributed by atoms with Crippen LogP contribution in [-0.2, 0) is 6.42 Å². The van der Waals surface area contributed by atoms with Crippen molar-refractivity contribution in [3.8, 4) is 0 Å². The fraction of sp³-hybridized carbons (Fsp3) is 0.278. The van der Waals surface area contributed by atoms with Crippen molar-refractivity contribution in [3.05, 3.63) is 53.8 Å². The molecule has 2 aromatic rings. The van der Waals surface area contributed by atoms with E-state index in [0.29, 0.717) is 0 Å². The van der Waals surface area contributed by atoms with E-state index in [1.165, 1.54) is 12.1 Å². The molecule has 0 saturated heterocycles. The Balaban J connectivity index is 1.83. The van der Waals surface area contributed by atoms with Crippen molar-refractivity contribution in [3.63, 3.8) is 0 Å². The van der Waals surface area contributed by atoms with Gasteiger partial charge in [-0.05, 0) is 74.0 Å². The Morgan fingerprint density at radius 3 is 2.70 bits per heavy atom. The highest BCUT2D eigenvalue weighted by atomic mass is 32.2. The van der Waals surface area contributed by atoms with Gasteiger partial charge in [-0.3, -0.25) is 4.90 Å². The maximum Gasteiger partial charge on any atom is 0.326 e. The number of amides is 2. The van der Waals surface area contributed by atoms with Crippen molar-refractivity contribution in [1.29, 1.82) is 0 Å². The number of rotatable bonds is 2. The molecular weight excluding hydrogens is 311 g/mol. The summed E-state index contributed by atoms with van der Waals surface area (Å²) < 4.78 is 13.4. The standard InChI is InChI=1S/C18H19FN2OS/c1-12-3-4-13-11-14(19)5-10-17(13)21(12)18(22)20-15-6-8-16(23-2)9-7-15/h5-12H,3-4H2,1-2H3,(H,20,22)/t12-/m1/s1. The second-order valence-corrected chi connectivity index (χ2v) is 6.57. The Labute approximate surface area is 139 Å². The van der Waals surface area contributed by atoms with Crippen molar-refractivity contribution in [2.45, 2.75) is 30.7 Å². The number of hydrogen-bond donors (Lipinski definition) is 1. The molecule has 1 N–H and O–H groups in total. The van der Waals surface area contributed by atoms with Crippen LogP contribution < -0.4 is 10.2 Å². The first-order valence-electron chi connectivity index (χ1n) is 7.61. The van der Waals surface area contributed by atoms with Gasteiger partial charge >= 0.3 is 6.03 Å². The minimum atomic E-state index is -0.258. The summed E-state index contributed by atoms with van der Waals surface area (Å²) in [6.45, 7) is 2.02. The van der Waals surface area contributed by atoms with Crippen LogP contribution in [0.2, 0.25) is 0 Å². The van der Waals surface area contributed by atoms with E-state index in [-0.39, 0.29) is 17.9 Å². The zero-order chi connectivity index (χ0) is 16.4. The fourth-order valence-corrected chi connectivity index (χ4v) is 3.30. The molecule has 0 saturated carbocycles. The largest absolute Gasteiger partial charge is 0.326 e. The lowest BCUT2D eigenvalue weighted by atomic mass is 9.97. The van der Waals surface area contributed by atoms with E-state index in [1.807, 2.05) is 37.4 Å². The van der Waals surface area contributed by atoms with Crippen LogP contribution in [0.5, 0.6) is 0 Å². The number of halogens is 1. The summed E-state index contributed by atoms with van der Waals surface area (Å²) in [5.74, 6) is -0.258. The van der Waals surface area contributed by atoms with E-state index in [9.17, 15) is 9.18 Å². The molecule has 23 heavy (non-hydrogen) atoms. The van der Waals surface area contributed by atoms with Gasteiger partial charge in [0.05, 0.1) is 0 Å². The van der Waals surface area contributed by atoms with Gasteiger partial charge in [0.2, 0.25) is 0 Å². The van der Waals surface area contributed by atoms with E-state index >= 15 is 0 Å². The van der Waals surface area contributed by atoms with Gasteiger partial charge in [-0.25, -0.2) is 9.18 Å². The zero-order valence-corrected chi connectivity index (χ0v) is 14.0. The molecule has 0 fully saturated rings. The number of nitrogens with one attached hydrogen (secondary N) is 1. The Hall–Kier alpha value is -2.01. The van der Waals surface area contributed by atoms with E-state index in [4.69, 9.17) is 0 Å². The van der Waals surface area contributed by atoms with Gasteiger partial charge < -0.3 is 5.32 Å². The van der Waals surface area contributed by atoms with Gasteiger partial charge in [-0.15, -0.1) is 11.8 Å². The number of nitrogens with zero attached hydrogens (tertiary/aromatic N) is 1. The number of carbonyl (C=O) groups is 1. The molecule has 2 aromatic carbocycles. The zero-order valence-electron chi connectivity index (χ0n) is 13.2. The Morgan fingerprint density at radius 2 is 2.00 bits per heavy atom. The molecule has 2 amide bonds. The minimum Gasteiger partial charge on any atom is -0.308 e. The Bertz CT molecular complexity index is 717. The molecule has 0 unspecified atom stereocenters. The smallest absolute Gasteiger partial charge is 0.308 e. The molecule has 3 rings (SSSR count). The van der Waals surface area contributed by atoms with Crippen LogP contribution in [0.1, 0.15) is 18.9 Å². The van der Waals surface area contributed by atoms with Crippen LogP contribution in [0.25, 0.3) is 0 Å². The van der Waals surface area contributed by atoms with Crippen molar-refractivity contribution in [2.75, 3.05) is 16.5 Å². The van der Waals surface area contributed by atoms with E-state index in [1.54, 1.807) is 22.7 Å². The van der Waals surface area contributed by atoms with Crippen molar-refractivity contribution >= 4 is 29.2 Å².